The van der Waals surface area contributed by atoms with Crippen LogP contribution in [0.5, 0.6) is 5.75 Å². The van der Waals surface area contributed by atoms with Crippen LogP contribution in [0, 0.1) is 5.82 Å². The summed E-state index contributed by atoms with van der Waals surface area (Å²) < 4.78 is 19.2. The fraction of sp³-hybridized carbons (Fsp3) is 0.176. The third-order valence-electron chi connectivity index (χ3n) is 3.18. The number of hydrogen-bond acceptors (Lipinski definition) is 4. The molecule has 0 atom stereocenters. The van der Waals surface area contributed by atoms with E-state index in [2.05, 4.69) is 10.3 Å². The zero-order chi connectivity index (χ0) is 16.1. The maximum atomic E-state index is 12.8. The number of para-hydroxylation sites is 1. The summed E-state index contributed by atoms with van der Waals surface area (Å²) in [6, 6.07) is 13.5. The van der Waals surface area contributed by atoms with Crippen LogP contribution in [-0.2, 0) is 11.2 Å². The zero-order valence-corrected chi connectivity index (χ0v) is 13.1. The molecule has 1 aromatic heterocycles. The van der Waals surface area contributed by atoms with Crippen molar-refractivity contribution in [3.8, 4) is 5.75 Å². The van der Waals surface area contributed by atoms with E-state index in [-0.39, 0.29) is 18.3 Å². The van der Waals surface area contributed by atoms with Crippen LogP contribution in [-0.4, -0.2) is 24.0 Å². The van der Waals surface area contributed by atoms with Crippen molar-refractivity contribution in [2.45, 2.75) is 6.42 Å². The lowest BCUT2D eigenvalue weighted by Crippen LogP contribution is -2.30. The predicted octanol–water partition coefficient (Wildman–Crippen LogP) is 3.17. The number of benzene rings is 2. The number of nitrogens with zero attached hydrogens (tertiary/aromatic N) is 1. The summed E-state index contributed by atoms with van der Waals surface area (Å²) >= 11 is 1.63. The van der Waals surface area contributed by atoms with Gasteiger partial charge < -0.3 is 10.1 Å². The van der Waals surface area contributed by atoms with Gasteiger partial charge in [0.2, 0.25) is 0 Å². The normalized spacial score (nSPS) is 10.7. The molecule has 0 spiro atoms. The number of rotatable bonds is 6. The van der Waals surface area contributed by atoms with Gasteiger partial charge in [0.15, 0.2) is 6.61 Å². The van der Waals surface area contributed by atoms with Gasteiger partial charge in [0, 0.05) is 13.0 Å². The van der Waals surface area contributed by atoms with Crippen LogP contribution in [0.4, 0.5) is 4.39 Å². The van der Waals surface area contributed by atoms with Gasteiger partial charge in [0.25, 0.3) is 5.91 Å². The first-order valence-corrected chi connectivity index (χ1v) is 8.02. The van der Waals surface area contributed by atoms with Crippen molar-refractivity contribution in [3.63, 3.8) is 0 Å². The molecule has 4 nitrogen and oxygen atoms in total. The third-order valence-corrected chi connectivity index (χ3v) is 4.28. The summed E-state index contributed by atoms with van der Waals surface area (Å²) in [7, 11) is 0. The molecule has 118 valence electrons. The minimum absolute atomic E-state index is 0.0918. The molecular weight excluding hydrogens is 315 g/mol. The Hall–Kier alpha value is -2.47. The van der Waals surface area contributed by atoms with E-state index in [1.807, 2.05) is 24.3 Å². The van der Waals surface area contributed by atoms with Crippen molar-refractivity contribution in [3.05, 3.63) is 59.4 Å². The van der Waals surface area contributed by atoms with Gasteiger partial charge in [0.1, 0.15) is 11.6 Å². The number of aromatic nitrogens is 1. The van der Waals surface area contributed by atoms with E-state index < -0.39 is 0 Å². The highest BCUT2D eigenvalue weighted by Gasteiger charge is 2.05. The highest BCUT2D eigenvalue weighted by molar-refractivity contribution is 7.18. The van der Waals surface area contributed by atoms with Crippen LogP contribution in [0.25, 0.3) is 10.2 Å². The van der Waals surface area contributed by atoms with Gasteiger partial charge in [0.05, 0.1) is 15.2 Å². The average Bonchev–Trinajstić information content (AvgIpc) is 2.97. The fourth-order valence-corrected chi connectivity index (χ4v) is 3.03. The SMILES string of the molecule is O=C(COc1ccc(F)cc1)NCCc1nc2ccccc2s1. The lowest BCUT2D eigenvalue weighted by molar-refractivity contribution is -0.123. The molecule has 0 saturated heterocycles. The number of fused-ring (bicyclic) bond motifs is 1. The summed E-state index contributed by atoms with van der Waals surface area (Å²) in [5, 5.41) is 3.78. The molecule has 1 heterocycles. The Morgan fingerprint density at radius 2 is 1.96 bits per heavy atom. The Balaban J connectivity index is 1.43. The summed E-state index contributed by atoms with van der Waals surface area (Å²) in [5.41, 5.74) is 0.985. The number of hydrogen-bond donors (Lipinski definition) is 1. The molecule has 3 rings (SSSR count). The highest BCUT2D eigenvalue weighted by Crippen LogP contribution is 2.21. The smallest absolute Gasteiger partial charge is 0.257 e. The molecule has 1 N–H and O–H groups in total. The van der Waals surface area contributed by atoms with E-state index in [9.17, 15) is 9.18 Å². The second-order valence-electron chi connectivity index (χ2n) is 4.92. The van der Waals surface area contributed by atoms with Gasteiger partial charge >= 0.3 is 0 Å². The summed E-state index contributed by atoms with van der Waals surface area (Å²) in [4.78, 5) is 16.2. The Labute approximate surface area is 136 Å². The van der Waals surface area contributed by atoms with Crippen LogP contribution in [0.2, 0.25) is 0 Å². The highest BCUT2D eigenvalue weighted by atomic mass is 32.1. The molecule has 0 fully saturated rings. The number of thiazole rings is 1. The lowest BCUT2D eigenvalue weighted by atomic mass is 10.3. The van der Waals surface area contributed by atoms with Crippen LogP contribution in [0.15, 0.2) is 48.5 Å². The number of halogens is 1. The molecule has 0 saturated carbocycles. The maximum Gasteiger partial charge on any atom is 0.257 e. The van der Waals surface area contributed by atoms with Crippen LogP contribution >= 0.6 is 11.3 Å². The van der Waals surface area contributed by atoms with E-state index in [4.69, 9.17) is 4.74 Å². The van der Waals surface area contributed by atoms with Gasteiger partial charge in [-0.2, -0.15) is 0 Å². The molecule has 0 aliphatic carbocycles. The van der Waals surface area contributed by atoms with Crippen LogP contribution in [0.3, 0.4) is 0 Å². The van der Waals surface area contributed by atoms with Crippen LogP contribution in [0.1, 0.15) is 5.01 Å². The molecule has 1 amide bonds. The number of carbonyl (C=O) groups excluding carboxylic acids is 1. The first-order chi connectivity index (χ1) is 11.2. The zero-order valence-electron chi connectivity index (χ0n) is 12.3. The number of nitrogens with one attached hydrogen (secondary N) is 1. The van der Waals surface area contributed by atoms with E-state index >= 15 is 0 Å². The molecule has 0 aliphatic rings. The second-order valence-corrected chi connectivity index (χ2v) is 6.03. The maximum absolute atomic E-state index is 12.8. The van der Waals surface area contributed by atoms with Crippen molar-refractivity contribution >= 4 is 27.5 Å². The third kappa shape index (κ3) is 4.26. The van der Waals surface area contributed by atoms with Gasteiger partial charge in [-0.3, -0.25) is 4.79 Å². The lowest BCUT2D eigenvalue weighted by Gasteiger charge is -2.06. The Bertz CT molecular complexity index is 769. The minimum Gasteiger partial charge on any atom is -0.484 e. The standard InChI is InChI=1S/C17H15FN2O2S/c18-12-5-7-13(8-6-12)22-11-16(21)19-10-9-17-20-14-3-1-2-4-15(14)23-17/h1-8H,9-11H2,(H,19,21). The Morgan fingerprint density at radius 3 is 2.74 bits per heavy atom. The summed E-state index contributed by atoms with van der Waals surface area (Å²) in [6.07, 6.45) is 0.682. The monoisotopic (exact) mass is 330 g/mol. The second kappa shape index (κ2) is 7.19. The molecule has 23 heavy (non-hydrogen) atoms. The first-order valence-electron chi connectivity index (χ1n) is 7.20. The van der Waals surface area contributed by atoms with Crippen molar-refractivity contribution in [2.75, 3.05) is 13.2 Å². The molecule has 6 heteroatoms. The fourth-order valence-electron chi connectivity index (χ4n) is 2.07. The quantitative estimate of drug-likeness (QED) is 0.755. The predicted molar refractivity (Wildman–Crippen MR) is 88.2 cm³/mol. The van der Waals surface area contributed by atoms with Gasteiger partial charge in [-0.05, 0) is 36.4 Å². The number of ether oxygens (including phenoxy) is 1. The van der Waals surface area contributed by atoms with Crippen molar-refractivity contribution in [2.24, 2.45) is 0 Å². The topological polar surface area (TPSA) is 51.2 Å². The van der Waals surface area contributed by atoms with E-state index in [0.717, 1.165) is 15.2 Å². The van der Waals surface area contributed by atoms with E-state index in [1.165, 1.54) is 24.3 Å². The molecule has 0 bridgehead atoms. The molecule has 0 unspecified atom stereocenters. The largest absolute Gasteiger partial charge is 0.484 e. The first kappa shape index (κ1) is 15.4. The van der Waals surface area contributed by atoms with Gasteiger partial charge in [-0.1, -0.05) is 12.1 Å². The van der Waals surface area contributed by atoms with E-state index in [1.54, 1.807) is 11.3 Å². The van der Waals surface area contributed by atoms with Crippen LogP contribution < -0.4 is 10.1 Å². The van der Waals surface area contributed by atoms with Crippen molar-refractivity contribution in [1.29, 1.82) is 0 Å². The Morgan fingerprint density at radius 1 is 1.17 bits per heavy atom. The molecule has 2 aromatic carbocycles. The summed E-state index contributed by atoms with van der Waals surface area (Å²) in [5.74, 6) is -0.0826. The molecule has 3 aromatic rings. The van der Waals surface area contributed by atoms with E-state index in [0.29, 0.717) is 18.7 Å². The number of amides is 1. The number of carbonyl (C=O) groups is 1. The minimum atomic E-state index is -0.336. The molecule has 0 radical (unpaired) electrons. The van der Waals surface area contributed by atoms with Crippen molar-refractivity contribution < 1.29 is 13.9 Å². The van der Waals surface area contributed by atoms with Gasteiger partial charge in [-0.15, -0.1) is 11.3 Å². The molecular formula is C17H15FN2O2S. The molecule has 0 aliphatic heterocycles. The van der Waals surface area contributed by atoms with Gasteiger partial charge in [-0.25, -0.2) is 9.37 Å². The Kier molecular flexibility index (Phi) is 4.83. The average molecular weight is 330 g/mol. The van der Waals surface area contributed by atoms with Crippen molar-refractivity contribution in [1.82, 2.24) is 10.3 Å². The summed E-state index contributed by atoms with van der Waals surface area (Å²) in [6.45, 7) is 0.414.